The maximum absolute atomic E-state index is 11.2. The Bertz CT molecular complexity index is 572. The van der Waals surface area contributed by atoms with Gasteiger partial charge in [0.25, 0.3) is 0 Å². The number of carboxylic acids is 1. The normalized spacial score (nSPS) is 10.9. The van der Waals surface area contributed by atoms with Crippen molar-refractivity contribution < 1.29 is 9.90 Å². The second kappa shape index (κ2) is 3.59. The summed E-state index contributed by atoms with van der Waals surface area (Å²) in [5.74, 6) is -0.984. The number of aromatic carboxylic acids is 1. The van der Waals surface area contributed by atoms with E-state index in [1.807, 2.05) is 26.8 Å². The van der Waals surface area contributed by atoms with E-state index in [1.54, 1.807) is 0 Å². The van der Waals surface area contributed by atoms with Gasteiger partial charge in [0.1, 0.15) is 0 Å². The number of rotatable bonds is 2. The van der Waals surface area contributed by atoms with Crippen LogP contribution in [0.15, 0.2) is 6.07 Å². The van der Waals surface area contributed by atoms with E-state index in [1.165, 1.54) is 4.52 Å². The summed E-state index contributed by atoms with van der Waals surface area (Å²) in [6.07, 6.45) is 0.587. The molecule has 5 nitrogen and oxygen atoms in total. The maximum atomic E-state index is 11.2. The molecule has 0 saturated carbocycles. The fourth-order valence-electron chi connectivity index (χ4n) is 1.83. The van der Waals surface area contributed by atoms with Crippen molar-refractivity contribution in [3.63, 3.8) is 0 Å². The molecule has 0 unspecified atom stereocenters. The van der Waals surface area contributed by atoms with Crippen molar-refractivity contribution in [2.24, 2.45) is 0 Å². The van der Waals surface area contributed by atoms with E-state index in [0.29, 0.717) is 17.8 Å². The van der Waals surface area contributed by atoms with Gasteiger partial charge in [-0.05, 0) is 31.9 Å². The lowest BCUT2D eigenvalue weighted by atomic mass is 10.3. The number of aromatic nitrogens is 3. The van der Waals surface area contributed by atoms with Crippen molar-refractivity contribution in [2.45, 2.75) is 27.2 Å². The van der Waals surface area contributed by atoms with E-state index in [2.05, 4.69) is 10.1 Å². The lowest BCUT2D eigenvalue weighted by molar-refractivity contribution is 0.0686. The molecule has 0 radical (unpaired) electrons. The minimum atomic E-state index is -0.984. The highest BCUT2D eigenvalue weighted by Crippen LogP contribution is 2.16. The second-order valence-electron chi connectivity index (χ2n) is 3.77. The molecule has 2 aromatic heterocycles. The van der Waals surface area contributed by atoms with Crippen molar-refractivity contribution in [1.82, 2.24) is 14.6 Å². The summed E-state index contributed by atoms with van der Waals surface area (Å²) in [4.78, 5) is 15.5. The summed E-state index contributed by atoms with van der Waals surface area (Å²) in [6, 6.07) is 1.90. The zero-order valence-corrected chi connectivity index (χ0v) is 9.48. The van der Waals surface area contributed by atoms with Crippen molar-refractivity contribution >= 4 is 11.6 Å². The van der Waals surface area contributed by atoms with Crippen LogP contribution in [0.4, 0.5) is 0 Å². The van der Waals surface area contributed by atoms with Crippen LogP contribution in [0.2, 0.25) is 0 Å². The van der Waals surface area contributed by atoms with Crippen LogP contribution in [0.5, 0.6) is 0 Å². The van der Waals surface area contributed by atoms with Gasteiger partial charge in [-0.1, -0.05) is 6.92 Å². The van der Waals surface area contributed by atoms with Crippen LogP contribution in [0.25, 0.3) is 5.65 Å². The van der Waals surface area contributed by atoms with Gasteiger partial charge < -0.3 is 5.11 Å². The Kier molecular flexibility index (Phi) is 2.38. The standard InChI is InChI=1S/C11H13N3O2/c1-4-8-9(11(15)16)14-10(12-8)6(2)5-7(3)13-14/h5H,4H2,1-3H3,(H,15,16). The average Bonchev–Trinajstić information content (AvgIpc) is 2.56. The number of carbonyl (C=O) groups is 1. The molecular weight excluding hydrogens is 206 g/mol. The van der Waals surface area contributed by atoms with E-state index >= 15 is 0 Å². The van der Waals surface area contributed by atoms with E-state index in [0.717, 1.165) is 11.3 Å². The van der Waals surface area contributed by atoms with Gasteiger partial charge in [-0.3, -0.25) is 0 Å². The van der Waals surface area contributed by atoms with Gasteiger partial charge in [0, 0.05) is 0 Å². The SMILES string of the molecule is CCc1nc2c(C)cc(C)nn2c1C(=O)O. The Morgan fingerprint density at radius 3 is 2.75 bits per heavy atom. The van der Waals surface area contributed by atoms with Crippen LogP contribution >= 0.6 is 0 Å². The Morgan fingerprint density at radius 1 is 1.50 bits per heavy atom. The lowest BCUT2D eigenvalue weighted by Gasteiger charge is -2.00. The smallest absolute Gasteiger partial charge is 0.356 e. The third-order valence-corrected chi connectivity index (χ3v) is 2.50. The van der Waals surface area contributed by atoms with Crippen LogP contribution in [-0.2, 0) is 6.42 Å². The molecule has 0 spiro atoms. The van der Waals surface area contributed by atoms with Gasteiger partial charge in [-0.2, -0.15) is 5.10 Å². The molecule has 5 heteroatoms. The number of carboxylic acid groups (broad SMARTS) is 1. The second-order valence-corrected chi connectivity index (χ2v) is 3.77. The summed E-state index contributed by atoms with van der Waals surface area (Å²) >= 11 is 0. The molecule has 2 rings (SSSR count). The third-order valence-electron chi connectivity index (χ3n) is 2.50. The molecular formula is C11H13N3O2. The summed E-state index contributed by atoms with van der Waals surface area (Å²) in [5, 5.41) is 13.4. The molecule has 0 amide bonds. The molecule has 16 heavy (non-hydrogen) atoms. The number of nitrogens with zero attached hydrogens (tertiary/aromatic N) is 3. The number of hydrogen-bond acceptors (Lipinski definition) is 3. The summed E-state index contributed by atoms with van der Waals surface area (Å²) in [7, 11) is 0. The van der Waals surface area contributed by atoms with Crippen LogP contribution in [0.1, 0.15) is 34.4 Å². The predicted octanol–water partition coefficient (Wildman–Crippen LogP) is 1.61. The molecule has 2 aromatic rings. The first-order chi connectivity index (χ1) is 7.54. The first-order valence-corrected chi connectivity index (χ1v) is 5.13. The first kappa shape index (κ1) is 10.6. The van der Waals surface area contributed by atoms with Crippen LogP contribution in [-0.4, -0.2) is 25.7 Å². The quantitative estimate of drug-likeness (QED) is 0.833. The molecule has 0 saturated heterocycles. The monoisotopic (exact) mass is 219 g/mol. The zero-order valence-electron chi connectivity index (χ0n) is 9.48. The van der Waals surface area contributed by atoms with E-state index in [4.69, 9.17) is 5.11 Å². The van der Waals surface area contributed by atoms with Crippen molar-refractivity contribution in [1.29, 1.82) is 0 Å². The third kappa shape index (κ3) is 1.44. The first-order valence-electron chi connectivity index (χ1n) is 5.13. The van der Waals surface area contributed by atoms with Gasteiger partial charge in [-0.25, -0.2) is 14.3 Å². The largest absolute Gasteiger partial charge is 0.476 e. The van der Waals surface area contributed by atoms with E-state index in [9.17, 15) is 4.79 Å². The highest BCUT2D eigenvalue weighted by Gasteiger charge is 2.19. The number of fused-ring (bicyclic) bond motifs is 1. The van der Waals surface area contributed by atoms with Crippen molar-refractivity contribution in [3.8, 4) is 0 Å². The Balaban J connectivity index is 2.89. The van der Waals surface area contributed by atoms with Gasteiger partial charge in [0.05, 0.1) is 11.4 Å². The molecule has 0 aliphatic carbocycles. The summed E-state index contributed by atoms with van der Waals surface area (Å²) in [6.45, 7) is 5.63. The Hall–Kier alpha value is -1.91. The van der Waals surface area contributed by atoms with Gasteiger partial charge >= 0.3 is 5.97 Å². The minimum absolute atomic E-state index is 0.171. The zero-order chi connectivity index (χ0) is 11.9. The van der Waals surface area contributed by atoms with E-state index < -0.39 is 5.97 Å². The highest BCUT2D eigenvalue weighted by molar-refractivity contribution is 5.88. The summed E-state index contributed by atoms with van der Waals surface area (Å²) in [5.41, 5.74) is 3.10. The van der Waals surface area contributed by atoms with Gasteiger partial charge in [0.2, 0.25) is 0 Å². The maximum Gasteiger partial charge on any atom is 0.356 e. The molecule has 0 atom stereocenters. The molecule has 0 aromatic carbocycles. The Labute approximate surface area is 92.7 Å². The molecule has 0 bridgehead atoms. The number of imidazole rings is 1. The highest BCUT2D eigenvalue weighted by atomic mass is 16.4. The molecule has 0 aliphatic heterocycles. The number of hydrogen-bond donors (Lipinski definition) is 1. The lowest BCUT2D eigenvalue weighted by Crippen LogP contribution is -2.08. The van der Waals surface area contributed by atoms with Crippen molar-refractivity contribution in [3.05, 3.63) is 28.7 Å². The fourth-order valence-corrected chi connectivity index (χ4v) is 1.83. The minimum Gasteiger partial charge on any atom is -0.476 e. The molecule has 84 valence electrons. The van der Waals surface area contributed by atoms with Gasteiger partial charge in [-0.15, -0.1) is 0 Å². The van der Waals surface area contributed by atoms with Crippen LogP contribution in [0.3, 0.4) is 0 Å². The van der Waals surface area contributed by atoms with Gasteiger partial charge in [0.15, 0.2) is 11.3 Å². The van der Waals surface area contributed by atoms with Crippen LogP contribution < -0.4 is 0 Å². The average molecular weight is 219 g/mol. The molecule has 0 fully saturated rings. The molecule has 0 aliphatic rings. The Morgan fingerprint density at radius 2 is 2.19 bits per heavy atom. The molecule has 2 heterocycles. The topological polar surface area (TPSA) is 67.5 Å². The number of aryl methyl sites for hydroxylation is 3. The summed E-state index contributed by atoms with van der Waals surface area (Å²) < 4.78 is 1.42. The predicted molar refractivity (Wildman–Crippen MR) is 58.8 cm³/mol. The van der Waals surface area contributed by atoms with E-state index in [-0.39, 0.29) is 5.69 Å². The van der Waals surface area contributed by atoms with Crippen molar-refractivity contribution in [2.75, 3.05) is 0 Å². The van der Waals surface area contributed by atoms with Crippen LogP contribution in [0, 0.1) is 13.8 Å². The fraction of sp³-hybridized carbons (Fsp3) is 0.364. The molecule has 1 N–H and O–H groups in total.